The van der Waals surface area contributed by atoms with Gasteiger partial charge in [0.2, 0.25) is 0 Å². The van der Waals surface area contributed by atoms with Crippen molar-refractivity contribution in [2.24, 2.45) is 0 Å². The van der Waals surface area contributed by atoms with Crippen LogP contribution in [0, 0.1) is 0 Å². The minimum Gasteiger partial charge on any atom is -0.734 e. The average molecular weight is 270 g/mol. The largest absolute Gasteiger partial charge is 1.00 e. The van der Waals surface area contributed by atoms with E-state index in [2.05, 4.69) is 5.43 Å². The second kappa shape index (κ2) is 7.04. The first kappa shape index (κ1) is 16.5. The summed E-state index contributed by atoms with van der Waals surface area (Å²) < 4.78 is 40.9. The molecule has 90 valence electrons. The van der Waals surface area contributed by atoms with Crippen molar-refractivity contribution in [3.63, 3.8) is 0 Å². The van der Waals surface area contributed by atoms with E-state index in [4.69, 9.17) is 9.47 Å². The van der Waals surface area contributed by atoms with E-state index in [-0.39, 0.29) is 29.6 Å². The van der Waals surface area contributed by atoms with Crippen LogP contribution >= 0.6 is 0 Å². The predicted molar refractivity (Wildman–Crippen MR) is 56.0 cm³/mol. The number of benzene rings is 1. The molecule has 0 amide bonds. The summed E-state index contributed by atoms with van der Waals surface area (Å²) in [5.74, 6) is 0.930. The fourth-order valence-corrected chi connectivity index (χ4v) is 1.24. The first-order valence-corrected chi connectivity index (χ1v) is 5.57. The summed E-state index contributed by atoms with van der Waals surface area (Å²) in [6.45, 7) is 0. The number of rotatable bonds is 5. The van der Waals surface area contributed by atoms with Gasteiger partial charge in [-0.15, -0.1) is 4.83 Å². The van der Waals surface area contributed by atoms with E-state index in [1.807, 2.05) is 0 Å². The Labute approximate surface area is 122 Å². The fraction of sp³-hybridized carbons (Fsp3) is 0.250. The number of methoxy groups -OCH3 is 2. The summed E-state index contributed by atoms with van der Waals surface area (Å²) >= 11 is 0. The van der Waals surface area contributed by atoms with Crippen LogP contribution in [-0.2, 0) is 10.3 Å². The van der Waals surface area contributed by atoms with Gasteiger partial charge >= 0.3 is 29.6 Å². The molecule has 0 heterocycles. The monoisotopic (exact) mass is 270 g/mol. The first-order chi connectivity index (χ1) is 7.44. The molecule has 0 unspecified atom stereocenters. The number of hydrazine groups is 1. The number of hydrogen-bond donors (Lipinski definition) is 2. The fourth-order valence-electron chi connectivity index (χ4n) is 1.00. The van der Waals surface area contributed by atoms with Crippen LogP contribution in [0.3, 0.4) is 0 Å². The summed E-state index contributed by atoms with van der Waals surface area (Å²) in [5.41, 5.74) is 2.55. The van der Waals surface area contributed by atoms with Crippen molar-refractivity contribution in [1.82, 2.24) is 4.83 Å². The normalized spacial score (nSPS) is 10.3. The molecule has 0 spiro atoms. The Morgan fingerprint density at radius 2 is 1.59 bits per heavy atom. The summed E-state index contributed by atoms with van der Waals surface area (Å²) in [7, 11) is -1.64. The van der Waals surface area contributed by atoms with E-state index in [9.17, 15) is 13.0 Å². The maximum absolute atomic E-state index is 10.3. The van der Waals surface area contributed by atoms with E-state index in [1.54, 1.807) is 10.9 Å². The third kappa shape index (κ3) is 6.10. The molecule has 0 atom stereocenters. The number of nitrogens with one attached hydrogen (secondary N) is 2. The van der Waals surface area contributed by atoms with Crippen LogP contribution in [0.5, 0.6) is 11.5 Å². The molecule has 0 aliphatic carbocycles. The molecule has 9 heteroatoms. The van der Waals surface area contributed by atoms with Crippen LogP contribution in [0.4, 0.5) is 5.69 Å². The molecule has 0 bridgehead atoms. The molecule has 0 aliphatic heterocycles. The van der Waals surface area contributed by atoms with Crippen LogP contribution in [0.15, 0.2) is 18.2 Å². The van der Waals surface area contributed by atoms with Crippen LogP contribution < -0.4 is 49.3 Å². The molecule has 7 nitrogen and oxygen atoms in total. The minimum absolute atomic E-state index is 0. The SMILES string of the molecule is COc1cc(NNS(=O)(=O)[O-])cc(OC)c1.[Na+]. The van der Waals surface area contributed by atoms with E-state index in [0.717, 1.165) is 0 Å². The second-order valence-corrected chi connectivity index (χ2v) is 3.89. The zero-order valence-electron chi connectivity index (χ0n) is 9.68. The molecule has 17 heavy (non-hydrogen) atoms. The van der Waals surface area contributed by atoms with Gasteiger partial charge in [-0.1, -0.05) is 0 Å². The molecular formula is C8H11N2NaO5S. The molecule has 0 aromatic heterocycles. The van der Waals surface area contributed by atoms with Gasteiger partial charge in [0.15, 0.2) is 10.3 Å². The van der Waals surface area contributed by atoms with E-state index >= 15 is 0 Å². The first-order valence-electron chi connectivity index (χ1n) is 4.16. The van der Waals surface area contributed by atoms with Gasteiger partial charge in [-0.25, -0.2) is 8.42 Å². The molecule has 0 saturated heterocycles. The van der Waals surface area contributed by atoms with Crippen molar-refractivity contribution in [2.45, 2.75) is 0 Å². The maximum Gasteiger partial charge on any atom is 1.00 e. The molecule has 0 aliphatic rings. The molecule has 1 aromatic carbocycles. The zero-order valence-corrected chi connectivity index (χ0v) is 12.5. The number of anilines is 1. The van der Waals surface area contributed by atoms with Gasteiger partial charge in [-0.05, 0) is 0 Å². The summed E-state index contributed by atoms with van der Waals surface area (Å²) in [5, 5.41) is 0. The minimum atomic E-state index is -4.55. The quantitative estimate of drug-likeness (QED) is 0.338. The molecule has 0 radical (unpaired) electrons. The van der Waals surface area contributed by atoms with Gasteiger partial charge in [-0.2, -0.15) is 0 Å². The molecule has 1 rings (SSSR count). The smallest absolute Gasteiger partial charge is 0.734 e. The topological polar surface area (TPSA) is 99.7 Å². The summed E-state index contributed by atoms with van der Waals surface area (Å²) in [4.78, 5) is 1.60. The van der Waals surface area contributed by atoms with Crippen LogP contribution in [0.2, 0.25) is 0 Å². The zero-order chi connectivity index (χ0) is 12.2. The van der Waals surface area contributed by atoms with Gasteiger partial charge < -0.3 is 19.5 Å². The average Bonchev–Trinajstić information content (AvgIpc) is 2.25. The summed E-state index contributed by atoms with van der Waals surface area (Å²) in [6.07, 6.45) is 0. The Kier molecular flexibility index (Phi) is 6.83. The molecule has 0 fully saturated rings. The Balaban J connectivity index is 0.00000256. The molecule has 1 aromatic rings. The molecular weight excluding hydrogens is 259 g/mol. The molecule has 2 N–H and O–H groups in total. The van der Waals surface area contributed by atoms with Gasteiger partial charge in [0.05, 0.1) is 19.9 Å². The second-order valence-electron chi connectivity index (χ2n) is 2.78. The number of hydrogen-bond acceptors (Lipinski definition) is 6. The predicted octanol–water partition coefficient (Wildman–Crippen LogP) is -2.92. The van der Waals surface area contributed by atoms with Crippen LogP contribution in [-0.4, -0.2) is 27.2 Å². The maximum atomic E-state index is 10.3. The van der Waals surface area contributed by atoms with Crippen molar-refractivity contribution in [2.75, 3.05) is 19.6 Å². The Morgan fingerprint density at radius 1 is 1.12 bits per heavy atom. The third-order valence-electron chi connectivity index (χ3n) is 1.67. The van der Waals surface area contributed by atoms with Gasteiger partial charge in [0.25, 0.3) is 0 Å². The Hall–Kier alpha value is -0.510. The van der Waals surface area contributed by atoms with Crippen LogP contribution in [0.25, 0.3) is 0 Å². The van der Waals surface area contributed by atoms with Crippen molar-refractivity contribution >= 4 is 16.0 Å². The molecule has 0 saturated carbocycles. The van der Waals surface area contributed by atoms with Gasteiger partial charge in [0.1, 0.15) is 11.5 Å². The number of ether oxygens (including phenoxy) is 2. The standard InChI is InChI=1S/C8H12N2O5S.Na/c1-14-7-3-6(4-8(5-7)15-2)9-10-16(11,12)13;/h3-5,9-10H,1-2H3,(H,11,12,13);/q;+1/p-1. The Bertz CT molecular complexity index is 443. The van der Waals surface area contributed by atoms with Crippen molar-refractivity contribution in [3.8, 4) is 11.5 Å². The van der Waals surface area contributed by atoms with Crippen molar-refractivity contribution in [1.29, 1.82) is 0 Å². The summed E-state index contributed by atoms with van der Waals surface area (Å²) in [6, 6.07) is 4.61. The van der Waals surface area contributed by atoms with Gasteiger partial charge in [-0.3, -0.25) is 0 Å². The van der Waals surface area contributed by atoms with Gasteiger partial charge in [0, 0.05) is 18.2 Å². The third-order valence-corrected chi connectivity index (χ3v) is 2.02. The van der Waals surface area contributed by atoms with E-state index in [0.29, 0.717) is 17.2 Å². The van der Waals surface area contributed by atoms with E-state index < -0.39 is 10.3 Å². The van der Waals surface area contributed by atoms with Crippen LogP contribution in [0.1, 0.15) is 0 Å². The Morgan fingerprint density at radius 3 is 1.94 bits per heavy atom. The van der Waals surface area contributed by atoms with E-state index in [1.165, 1.54) is 26.4 Å². The van der Waals surface area contributed by atoms with Crippen molar-refractivity contribution in [3.05, 3.63) is 18.2 Å². The van der Waals surface area contributed by atoms with Crippen molar-refractivity contribution < 1.29 is 52.0 Å².